The zero-order valence-corrected chi connectivity index (χ0v) is 14.0. The first-order valence-corrected chi connectivity index (χ1v) is 7.55. The van der Waals surface area contributed by atoms with Crippen molar-refractivity contribution in [2.75, 3.05) is 13.2 Å². The molecule has 0 bridgehead atoms. The highest BCUT2D eigenvalue weighted by molar-refractivity contribution is 5.92. The molecular weight excluding hydrogens is 320 g/mol. The number of nitrogens with two attached hydrogens (primary N) is 1. The summed E-state index contributed by atoms with van der Waals surface area (Å²) in [7, 11) is 0. The summed E-state index contributed by atoms with van der Waals surface area (Å²) in [6.07, 6.45) is 0.418. The maximum atomic E-state index is 11.9. The molecule has 3 atom stereocenters. The summed E-state index contributed by atoms with van der Waals surface area (Å²) in [6, 6.07) is -3.16. The van der Waals surface area contributed by atoms with Crippen molar-refractivity contribution in [1.82, 2.24) is 16.0 Å². The van der Waals surface area contributed by atoms with E-state index < -0.39 is 55.0 Å². The van der Waals surface area contributed by atoms with Crippen LogP contribution in [0.5, 0.6) is 0 Å². The van der Waals surface area contributed by atoms with Crippen LogP contribution in [-0.2, 0) is 19.2 Å². The third-order valence-electron chi connectivity index (χ3n) is 3.05. The largest absolute Gasteiger partial charge is 0.480 e. The molecule has 0 heterocycles. The number of carboxylic acid groups (broad SMARTS) is 1. The summed E-state index contributed by atoms with van der Waals surface area (Å²) < 4.78 is 0. The van der Waals surface area contributed by atoms with Crippen molar-refractivity contribution in [3.8, 4) is 0 Å². The Hall–Kier alpha value is -2.20. The molecule has 138 valence electrons. The van der Waals surface area contributed by atoms with Gasteiger partial charge >= 0.3 is 5.97 Å². The number of carbonyl (C=O) groups excluding carboxylic acids is 3. The Morgan fingerprint density at radius 2 is 1.62 bits per heavy atom. The van der Waals surface area contributed by atoms with E-state index in [1.807, 2.05) is 13.8 Å². The highest BCUT2D eigenvalue weighted by atomic mass is 16.4. The average molecular weight is 346 g/mol. The van der Waals surface area contributed by atoms with Crippen molar-refractivity contribution in [3.05, 3.63) is 0 Å². The van der Waals surface area contributed by atoms with Gasteiger partial charge in [-0.2, -0.15) is 0 Å². The predicted octanol–water partition coefficient (Wildman–Crippen LogP) is -2.46. The quantitative estimate of drug-likeness (QED) is 0.255. The Balaban J connectivity index is 4.42. The van der Waals surface area contributed by atoms with Gasteiger partial charge < -0.3 is 31.9 Å². The SMILES string of the molecule is CC(C)CC(N)C(=O)NC(CO)C(=O)NCC(=O)NC(C)C(=O)O. The van der Waals surface area contributed by atoms with E-state index in [4.69, 9.17) is 10.8 Å². The van der Waals surface area contributed by atoms with E-state index in [1.54, 1.807) is 0 Å². The molecule has 10 nitrogen and oxygen atoms in total. The van der Waals surface area contributed by atoms with Crippen LogP contribution in [0, 0.1) is 5.92 Å². The van der Waals surface area contributed by atoms with Crippen LogP contribution >= 0.6 is 0 Å². The first kappa shape index (κ1) is 21.8. The van der Waals surface area contributed by atoms with Gasteiger partial charge in [-0.1, -0.05) is 13.8 Å². The van der Waals surface area contributed by atoms with Crippen LogP contribution in [-0.4, -0.2) is 65.2 Å². The molecule has 0 aliphatic heterocycles. The van der Waals surface area contributed by atoms with E-state index in [2.05, 4.69) is 16.0 Å². The van der Waals surface area contributed by atoms with Crippen molar-refractivity contribution >= 4 is 23.7 Å². The second-order valence-corrected chi connectivity index (χ2v) is 5.83. The molecule has 0 radical (unpaired) electrons. The smallest absolute Gasteiger partial charge is 0.325 e. The summed E-state index contributed by atoms with van der Waals surface area (Å²) in [4.78, 5) is 45.8. The van der Waals surface area contributed by atoms with Gasteiger partial charge in [-0.15, -0.1) is 0 Å². The number of aliphatic carboxylic acids is 1. The van der Waals surface area contributed by atoms with Gasteiger partial charge in [-0.25, -0.2) is 0 Å². The Morgan fingerprint density at radius 3 is 2.08 bits per heavy atom. The van der Waals surface area contributed by atoms with E-state index in [-0.39, 0.29) is 5.92 Å². The average Bonchev–Trinajstić information content (AvgIpc) is 2.48. The first-order valence-electron chi connectivity index (χ1n) is 7.55. The van der Waals surface area contributed by atoms with Gasteiger partial charge in [0.15, 0.2) is 0 Å². The standard InChI is InChI=1S/C14H26N4O6/c1-7(2)4-9(15)12(21)18-10(6-19)13(22)16-5-11(20)17-8(3)14(23)24/h7-10,19H,4-6,15H2,1-3H3,(H,16,22)(H,17,20)(H,18,21)(H,23,24). The fourth-order valence-corrected chi connectivity index (χ4v) is 1.73. The number of hydrogen-bond donors (Lipinski definition) is 6. The zero-order chi connectivity index (χ0) is 18.9. The number of rotatable bonds is 10. The van der Waals surface area contributed by atoms with Crippen LogP contribution in [0.4, 0.5) is 0 Å². The van der Waals surface area contributed by atoms with Crippen molar-refractivity contribution < 1.29 is 29.4 Å². The molecule has 0 rings (SSSR count). The molecule has 0 saturated heterocycles. The molecule has 0 aromatic carbocycles. The number of amides is 3. The van der Waals surface area contributed by atoms with Crippen LogP contribution < -0.4 is 21.7 Å². The molecule has 0 aromatic heterocycles. The van der Waals surface area contributed by atoms with E-state index in [0.717, 1.165) is 0 Å². The lowest BCUT2D eigenvalue weighted by atomic mass is 10.0. The number of carbonyl (C=O) groups is 4. The van der Waals surface area contributed by atoms with Gasteiger partial charge in [-0.05, 0) is 19.3 Å². The van der Waals surface area contributed by atoms with E-state index in [1.165, 1.54) is 6.92 Å². The minimum Gasteiger partial charge on any atom is -0.480 e. The van der Waals surface area contributed by atoms with E-state index in [0.29, 0.717) is 6.42 Å². The molecule has 7 N–H and O–H groups in total. The van der Waals surface area contributed by atoms with Gasteiger partial charge in [-0.3, -0.25) is 19.2 Å². The fourth-order valence-electron chi connectivity index (χ4n) is 1.73. The molecule has 3 unspecified atom stereocenters. The monoisotopic (exact) mass is 346 g/mol. The second kappa shape index (κ2) is 10.6. The summed E-state index contributed by atoms with van der Waals surface area (Å²) in [5.74, 6) is -3.10. The summed E-state index contributed by atoms with van der Waals surface area (Å²) in [6.45, 7) is 3.90. The number of nitrogens with one attached hydrogen (secondary N) is 3. The number of aliphatic hydroxyl groups is 1. The van der Waals surface area contributed by atoms with Gasteiger partial charge in [0.1, 0.15) is 12.1 Å². The molecular formula is C14H26N4O6. The topological polar surface area (TPSA) is 171 Å². The van der Waals surface area contributed by atoms with Crippen LogP contribution in [0.1, 0.15) is 27.2 Å². The van der Waals surface area contributed by atoms with Crippen molar-refractivity contribution in [2.45, 2.75) is 45.3 Å². The third-order valence-corrected chi connectivity index (χ3v) is 3.05. The lowest BCUT2D eigenvalue weighted by Gasteiger charge is -2.20. The number of aliphatic hydroxyl groups excluding tert-OH is 1. The van der Waals surface area contributed by atoms with Gasteiger partial charge in [0.2, 0.25) is 17.7 Å². The van der Waals surface area contributed by atoms with Crippen molar-refractivity contribution in [1.29, 1.82) is 0 Å². The van der Waals surface area contributed by atoms with E-state index >= 15 is 0 Å². The summed E-state index contributed by atoms with van der Waals surface area (Å²) in [5, 5.41) is 24.5. The minimum atomic E-state index is -1.25. The molecule has 0 spiro atoms. The molecule has 0 aromatic rings. The lowest BCUT2D eigenvalue weighted by molar-refractivity contribution is -0.141. The molecule has 0 saturated carbocycles. The maximum absolute atomic E-state index is 11.9. The lowest BCUT2D eigenvalue weighted by Crippen LogP contribution is -2.54. The number of carboxylic acids is 1. The minimum absolute atomic E-state index is 0.187. The van der Waals surface area contributed by atoms with Crippen molar-refractivity contribution in [3.63, 3.8) is 0 Å². The molecule has 24 heavy (non-hydrogen) atoms. The second-order valence-electron chi connectivity index (χ2n) is 5.83. The third kappa shape index (κ3) is 8.44. The Bertz CT molecular complexity index is 468. The fraction of sp³-hybridized carbons (Fsp3) is 0.714. The Morgan fingerprint density at radius 1 is 1.04 bits per heavy atom. The predicted molar refractivity (Wildman–Crippen MR) is 84.7 cm³/mol. The van der Waals surface area contributed by atoms with Gasteiger partial charge in [0.05, 0.1) is 19.2 Å². The van der Waals surface area contributed by atoms with Crippen LogP contribution in [0.2, 0.25) is 0 Å². The molecule has 0 aliphatic rings. The molecule has 0 fully saturated rings. The molecule has 10 heteroatoms. The highest BCUT2D eigenvalue weighted by Gasteiger charge is 2.24. The van der Waals surface area contributed by atoms with Gasteiger partial charge in [0.25, 0.3) is 0 Å². The molecule has 0 aliphatic carbocycles. The molecule has 3 amide bonds. The zero-order valence-electron chi connectivity index (χ0n) is 14.0. The number of hydrogen-bond acceptors (Lipinski definition) is 6. The van der Waals surface area contributed by atoms with Crippen LogP contribution in [0.15, 0.2) is 0 Å². The van der Waals surface area contributed by atoms with Crippen molar-refractivity contribution in [2.24, 2.45) is 11.7 Å². The van der Waals surface area contributed by atoms with Crippen LogP contribution in [0.25, 0.3) is 0 Å². The highest BCUT2D eigenvalue weighted by Crippen LogP contribution is 2.02. The Labute approximate surface area is 140 Å². The summed E-state index contributed by atoms with van der Waals surface area (Å²) >= 11 is 0. The van der Waals surface area contributed by atoms with Gasteiger partial charge in [0, 0.05) is 0 Å². The normalized spacial score (nSPS) is 14.4. The summed E-state index contributed by atoms with van der Waals surface area (Å²) in [5.41, 5.74) is 5.68. The first-order chi connectivity index (χ1) is 11.1. The van der Waals surface area contributed by atoms with Crippen LogP contribution in [0.3, 0.4) is 0 Å². The maximum Gasteiger partial charge on any atom is 0.325 e. The van der Waals surface area contributed by atoms with E-state index in [9.17, 15) is 24.3 Å². The Kier molecular flexibility index (Phi) is 9.58.